The van der Waals surface area contributed by atoms with Crippen LogP contribution in [0.2, 0.25) is 0 Å². The average molecular weight is 304 g/mol. The van der Waals surface area contributed by atoms with Gasteiger partial charge in [-0.15, -0.1) is 0 Å². The number of anilines is 1. The van der Waals surface area contributed by atoms with Crippen molar-refractivity contribution in [2.75, 3.05) is 12.8 Å². The molecule has 0 saturated heterocycles. The first-order valence-electron chi connectivity index (χ1n) is 6.69. The van der Waals surface area contributed by atoms with Crippen LogP contribution >= 0.6 is 0 Å². The second-order valence-electron chi connectivity index (χ2n) is 5.27. The minimum absolute atomic E-state index is 0.232. The van der Waals surface area contributed by atoms with E-state index in [-0.39, 0.29) is 4.90 Å². The number of nitrogen functional groups attached to an aromatic ring is 1. The molecular weight excluding hydrogens is 284 g/mol. The Morgan fingerprint density at radius 1 is 1.10 bits per heavy atom. The summed E-state index contributed by atoms with van der Waals surface area (Å²) in [7, 11) is -1.96. The molecule has 0 amide bonds. The third-order valence-electron chi connectivity index (χ3n) is 3.44. The molecule has 0 aliphatic heterocycles. The summed E-state index contributed by atoms with van der Waals surface area (Å²) in [4.78, 5) is 0.232. The lowest BCUT2D eigenvalue weighted by molar-refractivity contribution is 0.466. The number of hydrogen-bond acceptors (Lipinski definition) is 3. The van der Waals surface area contributed by atoms with Crippen LogP contribution in [0, 0.1) is 13.8 Å². The van der Waals surface area contributed by atoms with Crippen molar-refractivity contribution in [2.24, 2.45) is 0 Å². The van der Waals surface area contributed by atoms with Crippen molar-refractivity contribution in [3.05, 3.63) is 59.2 Å². The van der Waals surface area contributed by atoms with E-state index in [0.29, 0.717) is 12.2 Å². The number of sulfonamides is 1. The highest BCUT2D eigenvalue weighted by molar-refractivity contribution is 7.89. The molecule has 0 saturated carbocycles. The number of rotatable bonds is 4. The monoisotopic (exact) mass is 304 g/mol. The highest BCUT2D eigenvalue weighted by Crippen LogP contribution is 2.21. The highest BCUT2D eigenvalue weighted by atomic mass is 32.2. The summed E-state index contributed by atoms with van der Waals surface area (Å²) in [6.07, 6.45) is 0. The van der Waals surface area contributed by atoms with E-state index >= 15 is 0 Å². The molecule has 0 aliphatic carbocycles. The Balaban J connectivity index is 2.33. The van der Waals surface area contributed by atoms with Crippen LogP contribution in [0.5, 0.6) is 0 Å². The number of nitrogens with zero attached hydrogens (tertiary/aromatic N) is 1. The first-order valence-corrected chi connectivity index (χ1v) is 8.13. The van der Waals surface area contributed by atoms with Gasteiger partial charge in [0.25, 0.3) is 0 Å². The van der Waals surface area contributed by atoms with E-state index < -0.39 is 10.0 Å². The minimum atomic E-state index is -3.55. The van der Waals surface area contributed by atoms with Gasteiger partial charge in [-0.05, 0) is 48.7 Å². The smallest absolute Gasteiger partial charge is 0.243 e. The number of aryl methyl sites for hydroxylation is 2. The van der Waals surface area contributed by atoms with Crippen LogP contribution < -0.4 is 5.73 Å². The lowest BCUT2D eigenvalue weighted by Crippen LogP contribution is -2.27. The van der Waals surface area contributed by atoms with E-state index in [2.05, 4.69) is 0 Å². The van der Waals surface area contributed by atoms with Crippen LogP contribution in [0.1, 0.15) is 16.7 Å². The topological polar surface area (TPSA) is 63.4 Å². The summed E-state index contributed by atoms with van der Waals surface area (Å²) in [5.41, 5.74) is 9.10. The molecule has 0 radical (unpaired) electrons. The molecule has 21 heavy (non-hydrogen) atoms. The summed E-state index contributed by atoms with van der Waals surface area (Å²) in [6, 6.07) is 12.6. The third-order valence-corrected chi connectivity index (χ3v) is 5.22. The Labute approximate surface area is 126 Å². The molecular formula is C16H20N2O2S. The summed E-state index contributed by atoms with van der Waals surface area (Å²) < 4.78 is 26.6. The van der Waals surface area contributed by atoms with Gasteiger partial charge in [0.2, 0.25) is 10.0 Å². The molecule has 0 spiro atoms. The molecule has 4 nitrogen and oxygen atoms in total. The summed E-state index contributed by atoms with van der Waals surface area (Å²) in [5, 5.41) is 0. The normalized spacial score (nSPS) is 11.8. The number of nitrogens with two attached hydrogens (primary N) is 1. The fourth-order valence-electron chi connectivity index (χ4n) is 2.22. The average Bonchev–Trinajstić information content (AvgIpc) is 2.40. The van der Waals surface area contributed by atoms with Crippen molar-refractivity contribution >= 4 is 15.7 Å². The Bertz CT molecular complexity index is 734. The van der Waals surface area contributed by atoms with Gasteiger partial charge < -0.3 is 5.73 Å². The third kappa shape index (κ3) is 3.43. The van der Waals surface area contributed by atoms with Crippen LogP contribution in [-0.2, 0) is 16.6 Å². The second kappa shape index (κ2) is 5.87. The number of hydrogen-bond donors (Lipinski definition) is 1. The van der Waals surface area contributed by atoms with Crippen molar-refractivity contribution < 1.29 is 8.42 Å². The van der Waals surface area contributed by atoms with Gasteiger partial charge in [0.1, 0.15) is 0 Å². The van der Waals surface area contributed by atoms with Gasteiger partial charge in [0.05, 0.1) is 4.90 Å². The standard InChI is InChI=1S/C16H20N2O2S/c1-12-8-15(17)10-16(9-12)21(19,20)18(3)11-14-7-5-4-6-13(14)2/h4-10H,11,17H2,1-3H3. The fourth-order valence-corrected chi connectivity index (χ4v) is 3.51. The molecule has 2 rings (SSSR count). The van der Waals surface area contributed by atoms with E-state index in [9.17, 15) is 8.42 Å². The molecule has 0 aliphatic rings. The quantitative estimate of drug-likeness (QED) is 0.883. The maximum atomic E-state index is 12.6. The van der Waals surface area contributed by atoms with Gasteiger partial charge in [-0.1, -0.05) is 24.3 Å². The van der Waals surface area contributed by atoms with Gasteiger partial charge in [-0.2, -0.15) is 4.31 Å². The molecule has 0 bridgehead atoms. The highest BCUT2D eigenvalue weighted by Gasteiger charge is 2.21. The first-order chi connectivity index (χ1) is 9.80. The zero-order chi connectivity index (χ0) is 15.6. The van der Waals surface area contributed by atoms with Gasteiger partial charge in [0, 0.05) is 19.3 Å². The van der Waals surface area contributed by atoms with E-state index in [4.69, 9.17) is 5.73 Å². The molecule has 2 aromatic rings. The SMILES string of the molecule is Cc1cc(N)cc(S(=O)(=O)N(C)Cc2ccccc2C)c1. The fraction of sp³-hybridized carbons (Fsp3) is 0.250. The van der Waals surface area contributed by atoms with E-state index in [0.717, 1.165) is 16.7 Å². The van der Waals surface area contributed by atoms with Crippen molar-refractivity contribution in [1.82, 2.24) is 4.31 Å². The summed E-state index contributed by atoms with van der Waals surface area (Å²) in [6.45, 7) is 4.14. The minimum Gasteiger partial charge on any atom is -0.399 e. The maximum Gasteiger partial charge on any atom is 0.243 e. The largest absolute Gasteiger partial charge is 0.399 e. The lowest BCUT2D eigenvalue weighted by atomic mass is 10.1. The van der Waals surface area contributed by atoms with Crippen molar-refractivity contribution in [3.63, 3.8) is 0 Å². The maximum absolute atomic E-state index is 12.6. The van der Waals surface area contributed by atoms with Gasteiger partial charge >= 0.3 is 0 Å². The van der Waals surface area contributed by atoms with E-state index in [1.165, 1.54) is 10.4 Å². The zero-order valence-corrected chi connectivity index (χ0v) is 13.3. The van der Waals surface area contributed by atoms with Gasteiger partial charge in [-0.25, -0.2) is 8.42 Å². The predicted octanol–water partition coefficient (Wildman–Crippen LogP) is 2.71. The predicted molar refractivity (Wildman–Crippen MR) is 85.4 cm³/mol. The molecule has 2 aromatic carbocycles. The van der Waals surface area contributed by atoms with Crippen molar-refractivity contribution in [2.45, 2.75) is 25.3 Å². The van der Waals surface area contributed by atoms with Crippen LogP contribution in [0.25, 0.3) is 0 Å². The van der Waals surface area contributed by atoms with Crippen molar-refractivity contribution in [3.8, 4) is 0 Å². The molecule has 0 aromatic heterocycles. The van der Waals surface area contributed by atoms with Crippen LogP contribution in [-0.4, -0.2) is 19.8 Å². The lowest BCUT2D eigenvalue weighted by Gasteiger charge is -2.19. The van der Waals surface area contributed by atoms with Gasteiger partial charge in [0.15, 0.2) is 0 Å². The zero-order valence-electron chi connectivity index (χ0n) is 12.5. The van der Waals surface area contributed by atoms with Crippen LogP contribution in [0.15, 0.2) is 47.4 Å². The van der Waals surface area contributed by atoms with Crippen LogP contribution in [0.4, 0.5) is 5.69 Å². The van der Waals surface area contributed by atoms with Crippen molar-refractivity contribution in [1.29, 1.82) is 0 Å². The Hall–Kier alpha value is -1.85. The molecule has 2 N–H and O–H groups in total. The summed E-state index contributed by atoms with van der Waals surface area (Å²) in [5.74, 6) is 0. The second-order valence-corrected chi connectivity index (χ2v) is 7.31. The Morgan fingerprint density at radius 3 is 2.38 bits per heavy atom. The molecule has 112 valence electrons. The van der Waals surface area contributed by atoms with E-state index in [1.54, 1.807) is 19.2 Å². The molecule has 0 fully saturated rings. The molecule has 0 atom stereocenters. The molecule has 5 heteroatoms. The first kappa shape index (κ1) is 15.5. The van der Waals surface area contributed by atoms with Crippen LogP contribution in [0.3, 0.4) is 0 Å². The number of benzene rings is 2. The summed E-state index contributed by atoms with van der Waals surface area (Å²) >= 11 is 0. The Morgan fingerprint density at radius 2 is 1.76 bits per heavy atom. The molecule has 0 unspecified atom stereocenters. The van der Waals surface area contributed by atoms with E-state index in [1.807, 2.05) is 38.1 Å². The van der Waals surface area contributed by atoms with Gasteiger partial charge in [-0.3, -0.25) is 0 Å². The Kier molecular flexibility index (Phi) is 4.34. The molecule has 0 heterocycles.